The maximum Gasteiger partial charge on any atom is 0.256 e. The largest absolute Gasteiger partial charge is 0.326 e. The van der Waals surface area contributed by atoms with E-state index < -0.39 is 0 Å². The average molecular weight is 354 g/mol. The van der Waals surface area contributed by atoms with Gasteiger partial charge in [-0.05, 0) is 61.7 Å². The van der Waals surface area contributed by atoms with Crippen molar-refractivity contribution in [3.05, 3.63) is 85.8 Å². The van der Waals surface area contributed by atoms with Crippen LogP contribution in [0.15, 0.2) is 47.3 Å². The van der Waals surface area contributed by atoms with E-state index in [0.717, 1.165) is 11.3 Å². The van der Waals surface area contributed by atoms with Crippen LogP contribution >= 0.6 is 11.6 Å². The average Bonchev–Trinajstić information content (AvgIpc) is 2.56. The molecule has 0 aliphatic heterocycles. The molecule has 1 heterocycles. The lowest BCUT2D eigenvalue weighted by molar-refractivity contribution is 0.985. The molecule has 25 heavy (non-hydrogen) atoms. The van der Waals surface area contributed by atoms with Gasteiger partial charge in [0.15, 0.2) is 0 Å². The van der Waals surface area contributed by atoms with E-state index in [2.05, 4.69) is 29.1 Å². The Bertz CT molecular complexity index is 962. The first kappa shape index (κ1) is 17.2. The number of nitrogens with one attached hydrogen (secondary N) is 2. The molecule has 0 aliphatic rings. The highest BCUT2D eigenvalue weighted by atomic mass is 35.5. The molecule has 0 aliphatic carbocycles. The minimum Gasteiger partial charge on any atom is -0.326 e. The fraction of sp³-hybridized carbons (Fsp3) is 0.200. The van der Waals surface area contributed by atoms with Crippen molar-refractivity contribution in [1.82, 2.24) is 9.97 Å². The van der Waals surface area contributed by atoms with Gasteiger partial charge < -0.3 is 5.32 Å². The maximum atomic E-state index is 12.5. The first-order valence-corrected chi connectivity index (χ1v) is 8.48. The van der Waals surface area contributed by atoms with Crippen LogP contribution in [0.1, 0.15) is 27.9 Å². The molecule has 0 radical (unpaired) electrons. The number of rotatable bonds is 4. The van der Waals surface area contributed by atoms with Crippen LogP contribution in [-0.2, 0) is 6.42 Å². The molecule has 2 aromatic carbocycles. The zero-order valence-corrected chi connectivity index (χ0v) is 15.2. The van der Waals surface area contributed by atoms with E-state index in [1.165, 1.54) is 11.1 Å². The van der Waals surface area contributed by atoms with Crippen LogP contribution in [0.4, 0.5) is 11.6 Å². The van der Waals surface area contributed by atoms with Crippen LogP contribution in [0, 0.1) is 20.8 Å². The number of aromatic nitrogens is 2. The van der Waals surface area contributed by atoms with Gasteiger partial charge in [-0.1, -0.05) is 29.8 Å². The molecule has 0 saturated heterocycles. The summed E-state index contributed by atoms with van der Waals surface area (Å²) in [6, 6.07) is 13.5. The summed E-state index contributed by atoms with van der Waals surface area (Å²) in [6.45, 7) is 5.97. The van der Waals surface area contributed by atoms with E-state index in [4.69, 9.17) is 11.6 Å². The van der Waals surface area contributed by atoms with Gasteiger partial charge in [0, 0.05) is 22.7 Å². The Balaban J connectivity index is 1.85. The normalized spacial score (nSPS) is 10.7. The fourth-order valence-electron chi connectivity index (χ4n) is 2.64. The second kappa shape index (κ2) is 7.11. The summed E-state index contributed by atoms with van der Waals surface area (Å²) in [6.07, 6.45) is 0.523. The van der Waals surface area contributed by atoms with E-state index in [-0.39, 0.29) is 5.56 Å². The van der Waals surface area contributed by atoms with E-state index in [9.17, 15) is 4.79 Å². The number of hydrogen-bond donors (Lipinski definition) is 2. The Morgan fingerprint density at radius 3 is 2.40 bits per heavy atom. The first-order chi connectivity index (χ1) is 11.9. The topological polar surface area (TPSA) is 57.8 Å². The lowest BCUT2D eigenvalue weighted by Crippen LogP contribution is -2.18. The number of aryl methyl sites for hydroxylation is 3. The quantitative estimate of drug-likeness (QED) is 0.715. The van der Waals surface area contributed by atoms with E-state index >= 15 is 0 Å². The van der Waals surface area contributed by atoms with Crippen molar-refractivity contribution in [2.24, 2.45) is 0 Å². The molecule has 0 spiro atoms. The molecule has 0 bridgehead atoms. The van der Waals surface area contributed by atoms with Crippen molar-refractivity contribution in [1.29, 1.82) is 0 Å². The number of H-pyrrole nitrogens is 1. The molecule has 3 aromatic rings. The van der Waals surface area contributed by atoms with Crippen molar-refractivity contribution >= 4 is 23.2 Å². The second-order valence-corrected chi connectivity index (χ2v) is 6.64. The monoisotopic (exact) mass is 353 g/mol. The third-order valence-electron chi connectivity index (χ3n) is 4.29. The first-order valence-electron chi connectivity index (χ1n) is 8.11. The van der Waals surface area contributed by atoms with Gasteiger partial charge in [-0.25, -0.2) is 4.98 Å². The molecule has 0 amide bonds. The minimum atomic E-state index is -0.131. The highest BCUT2D eigenvalue weighted by Crippen LogP contribution is 2.18. The molecule has 3 rings (SSSR count). The molecular formula is C20H20ClN3O. The molecule has 128 valence electrons. The summed E-state index contributed by atoms with van der Waals surface area (Å²) in [5.74, 6) is 0.450. The Morgan fingerprint density at radius 1 is 1.04 bits per heavy atom. The van der Waals surface area contributed by atoms with E-state index in [1.54, 1.807) is 0 Å². The molecule has 0 saturated carbocycles. The van der Waals surface area contributed by atoms with Crippen LogP contribution < -0.4 is 10.9 Å². The highest BCUT2D eigenvalue weighted by molar-refractivity contribution is 6.30. The van der Waals surface area contributed by atoms with Crippen molar-refractivity contribution < 1.29 is 0 Å². The number of anilines is 2. The van der Waals surface area contributed by atoms with Crippen LogP contribution in [0.3, 0.4) is 0 Å². The predicted molar refractivity (Wildman–Crippen MR) is 103 cm³/mol. The molecule has 5 heteroatoms. The van der Waals surface area contributed by atoms with Crippen LogP contribution in [-0.4, -0.2) is 9.97 Å². The molecule has 4 nitrogen and oxygen atoms in total. The van der Waals surface area contributed by atoms with Crippen molar-refractivity contribution in [2.45, 2.75) is 27.2 Å². The zero-order valence-electron chi connectivity index (χ0n) is 14.5. The van der Waals surface area contributed by atoms with E-state index in [0.29, 0.717) is 28.6 Å². The van der Waals surface area contributed by atoms with Crippen LogP contribution in [0.2, 0.25) is 5.02 Å². The van der Waals surface area contributed by atoms with Gasteiger partial charge in [-0.3, -0.25) is 9.78 Å². The number of hydrogen-bond acceptors (Lipinski definition) is 3. The number of halogens is 1. The Hall–Kier alpha value is -2.59. The van der Waals surface area contributed by atoms with Gasteiger partial charge in [-0.2, -0.15) is 0 Å². The molecule has 1 aromatic heterocycles. The molecule has 2 N–H and O–H groups in total. The standard InChI is InChI=1S/C20H20ClN3O/c1-12-4-9-17(10-13(12)2)23-20-22-14(3)18(19(25)24-20)11-15-5-7-16(21)8-6-15/h4-10H,11H2,1-3H3,(H2,22,23,24,25). The Labute approximate surface area is 151 Å². The summed E-state index contributed by atoms with van der Waals surface area (Å²) >= 11 is 5.91. The molecule has 0 fully saturated rings. The zero-order chi connectivity index (χ0) is 18.0. The second-order valence-electron chi connectivity index (χ2n) is 6.21. The van der Waals surface area contributed by atoms with Gasteiger partial charge in [-0.15, -0.1) is 0 Å². The molecule has 0 atom stereocenters. The van der Waals surface area contributed by atoms with Crippen LogP contribution in [0.5, 0.6) is 0 Å². The third kappa shape index (κ3) is 4.09. The van der Waals surface area contributed by atoms with Crippen molar-refractivity contribution in [3.8, 4) is 0 Å². The molecular weight excluding hydrogens is 334 g/mol. The smallest absolute Gasteiger partial charge is 0.256 e. The Kier molecular flexibility index (Phi) is 4.91. The highest BCUT2D eigenvalue weighted by Gasteiger charge is 2.10. The Morgan fingerprint density at radius 2 is 1.76 bits per heavy atom. The number of aromatic amines is 1. The predicted octanol–water partition coefficient (Wildman–Crippen LogP) is 4.68. The van der Waals surface area contributed by atoms with Gasteiger partial charge in [0.2, 0.25) is 5.95 Å². The fourth-order valence-corrected chi connectivity index (χ4v) is 2.77. The van der Waals surface area contributed by atoms with Crippen LogP contribution in [0.25, 0.3) is 0 Å². The lowest BCUT2D eigenvalue weighted by Gasteiger charge is -2.10. The van der Waals surface area contributed by atoms with Gasteiger partial charge in [0.1, 0.15) is 0 Å². The number of benzene rings is 2. The molecule has 0 unspecified atom stereocenters. The summed E-state index contributed by atoms with van der Waals surface area (Å²) in [5, 5.41) is 3.85. The maximum absolute atomic E-state index is 12.5. The summed E-state index contributed by atoms with van der Waals surface area (Å²) in [7, 11) is 0. The summed E-state index contributed by atoms with van der Waals surface area (Å²) < 4.78 is 0. The summed E-state index contributed by atoms with van der Waals surface area (Å²) in [5.41, 5.74) is 5.57. The number of nitrogens with zero attached hydrogens (tertiary/aromatic N) is 1. The minimum absolute atomic E-state index is 0.131. The van der Waals surface area contributed by atoms with Crippen molar-refractivity contribution in [3.63, 3.8) is 0 Å². The summed E-state index contributed by atoms with van der Waals surface area (Å²) in [4.78, 5) is 19.8. The van der Waals surface area contributed by atoms with Gasteiger partial charge in [0.05, 0.1) is 5.69 Å². The van der Waals surface area contributed by atoms with E-state index in [1.807, 2.05) is 49.4 Å². The lowest BCUT2D eigenvalue weighted by atomic mass is 10.1. The third-order valence-corrected chi connectivity index (χ3v) is 4.54. The van der Waals surface area contributed by atoms with Crippen molar-refractivity contribution in [2.75, 3.05) is 5.32 Å². The van der Waals surface area contributed by atoms with Gasteiger partial charge >= 0.3 is 0 Å². The SMILES string of the molecule is Cc1ccc(Nc2nc(C)c(Cc3ccc(Cl)cc3)c(=O)[nH]2)cc1C. The van der Waals surface area contributed by atoms with Gasteiger partial charge in [0.25, 0.3) is 5.56 Å².